The molecule has 0 atom stereocenters. The number of benzene rings is 1. The lowest BCUT2D eigenvalue weighted by atomic mass is 10.1. The Morgan fingerprint density at radius 1 is 1.43 bits per heavy atom. The predicted octanol–water partition coefficient (Wildman–Crippen LogP) is 3.33. The Morgan fingerprint density at radius 2 is 2.07 bits per heavy atom. The van der Waals surface area contributed by atoms with Gasteiger partial charge in [0.15, 0.2) is 5.78 Å². The standard InChI is InChI=1S/C11H13ClO2/c1-7(2)14-9-4-5-11(12)10(6-9)8(3)13/h4-7H,1-3H3. The second-order valence-corrected chi connectivity index (χ2v) is 3.77. The highest BCUT2D eigenvalue weighted by molar-refractivity contribution is 6.33. The van der Waals surface area contributed by atoms with Crippen molar-refractivity contribution in [3.63, 3.8) is 0 Å². The Balaban J connectivity index is 3.00. The highest BCUT2D eigenvalue weighted by Crippen LogP contribution is 2.23. The van der Waals surface area contributed by atoms with Crippen LogP contribution in [0, 0.1) is 0 Å². The summed E-state index contributed by atoms with van der Waals surface area (Å²) >= 11 is 5.85. The Morgan fingerprint density at radius 3 is 2.57 bits per heavy atom. The molecule has 1 rings (SSSR count). The molecule has 0 aliphatic heterocycles. The third-order valence-corrected chi connectivity index (χ3v) is 2.02. The fraction of sp³-hybridized carbons (Fsp3) is 0.364. The number of carbonyl (C=O) groups excluding carboxylic acids is 1. The highest BCUT2D eigenvalue weighted by atomic mass is 35.5. The molecule has 14 heavy (non-hydrogen) atoms. The Hall–Kier alpha value is -1.02. The minimum absolute atomic E-state index is 0.0517. The molecule has 0 unspecified atom stereocenters. The second kappa shape index (κ2) is 4.47. The van der Waals surface area contributed by atoms with Crippen molar-refractivity contribution < 1.29 is 9.53 Å². The summed E-state index contributed by atoms with van der Waals surface area (Å²) < 4.78 is 5.45. The number of ether oxygens (including phenoxy) is 1. The first-order chi connectivity index (χ1) is 6.50. The number of carbonyl (C=O) groups is 1. The molecule has 0 aromatic heterocycles. The molecule has 0 heterocycles. The van der Waals surface area contributed by atoms with Crippen molar-refractivity contribution in [2.24, 2.45) is 0 Å². The Kier molecular flexibility index (Phi) is 3.53. The van der Waals surface area contributed by atoms with Crippen molar-refractivity contribution >= 4 is 17.4 Å². The van der Waals surface area contributed by atoms with Crippen LogP contribution in [0.25, 0.3) is 0 Å². The maximum atomic E-state index is 11.2. The van der Waals surface area contributed by atoms with Crippen molar-refractivity contribution in [3.05, 3.63) is 28.8 Å². The lowest BCUT2D eigenvalue weighted by Crippen LogP contribution is -2.06. The molecular weight excluding hydrogens is 200 g/mol. The first-order valence-corrected chi connectivity index (χ1v) is 4.85. The van der Waals surface area contributed by atoms with Gasteiger partial charge in [0.25, 0.3) is 0 Å². The molecule has 0 N–H and O–H groups in total. The van der Waals surface area contributed by atoms with E-state index in [1.165, 1.54) is 6.92 Å². The highest BCUT2D eigenvalue weighted by Gasteiger charge is 2.07. The Labute approximate surface area is 88.8 Å². The van der Waals surface area contributed by atoms with Crippen molar-refractivity contribution in [3.8, 4) is 5.75 Å². The summed E-state index contributed by atoms with van der Waals surface area (Å²) in [6.07, 6.45) is 0.0935. The molecule has 0 aliphatic carbocycles. The van der Waals surface area contributed by atoms with Crippen LogP contribution in [0.2, 0.25) is 5.02 Å². The van der Waals surface area contributed by atoms with E-state index in [0.29, 0.717) is 16.3 Å². The third kappa shape index (κ3) is 2.74. The van der Waals surface area contributed by atoms with Gasteiger partial charge in [0.1, 0.15) is 5.75 Å². The largest absolute Gasteiger partial charge is 0.491 e. The average Bonchev–Trinajstić information content (AvgIpc) is 2.07. The van der Waals surface area contributed by atoms with Gasteiger partial charge in [-0.2, -0.15) is 0 Å². The van der Waals surface area contributed by atoms with Gasteiger partial charge in [0.2, 0.25) is 0 Å². The number of halogens is 1. The van der Waals surface area contributed by atoms with Gasteiger partial charge in [-0.15, -0.1) is 0 Å². The molecule has 76 valence electrons. The molecule has 1 aromatic rings. The van der Waals surface area contributed by atoms with Gasteiger partial charge >= 0.3 is 0 Å². The van der Waals surface area contributed by atoms with Crippen molar-refractivity contribution in [1.29, 1.82) is 0 Å². The maximum Gasteiger partial charge on any atom is 0.161 e. The van der Waals surface area contributed by atoms with E-state index in [1.54, 1.807) is 18.2 Å². The number of hydrogen-bond donors (Lipinski definition) is 0. The minimum Gasteiger partial charge on any atom is -0.491 e. The maximum absolute atomic E-state index is 11.2. The molecular formula is C11H13ClO2. The molecule has 0 saturated carbocycles. The average molecular weight is 213 g/mol. The molecule has 2 nitrogen and oxygen atoms in total. The SMILES string of the molecule is CC(=O)c1cc(OC(C)C)ccc1Cl. The molecule has 0 saturated heterocycles. The fourth-order valence-electron chi connectivity index (χ4n) is 1.12. The summed E-state index contributed by atoms with van der Waals surface area (Å²) in [5.41, 5.74) is 0.504. The van der Waals surface area contributed by atoms with Gasteiger partial charge in [-0.3, -0.25) is 4.79 Å². The van der Waals surface area contributed by atoms with E-state index in [-0.39, 0.29) is 11.9 Å². The van der Waals surface area contributed by atoms with Crippen LogP contribution >= 0.6 is 11.6 Å². The first-order valence-electron chi connectivity index (χ1n) is 4.48. The number of hydrogen-bond acceptors (Lipinski definition) is 2. The van der Waals surface area contributed by atoms with Crippen LogP contribution in [0.4, 0.5) is 0 Å². The smallest absolute Gasteiger partial charge is 0.161 e. The third-order valence-electron chi connectivity index (χ3n) is 1.69. The molecule has 0 spiro atoms. The van der Waals surface area contributed by atoms with E-state index in [9.17, 15) is 4.79 Å². The van der Waals surface area contributed by atoms with Crippen molar-refractivity contribution in [2.75, 3.05) is 0 Å². The summed E-state index contributed by atoms with van der Waals surface area (Å²) in [7, 11) is 0. The van der Waals surface area contributed by atoms with Crippen molar-refractivity contribution in [1.82, 2.24) is 0 Å². The summed E-state index contributed by atoms with van der Waals surface area (Å²) in [6.45, 7) is 5.35. The van der Waals surface area contributed by atoms with Gasteiger partial charge in [0, 0.05) is 5.56 Å². The summed E-state index contributed by atoms with van der Waals surface area (Å²) in [4.78, 5) is 11.2. The van der Waals surface area contributed by atoms with Gasteiger partial charge in [-0.1, -0.05) is 11.6 Å². The lowest BCUT2D eigenvalue weighted by Gasteiger charge is -2.10. The molecule has 0 aliphatic rings. The van der Waals surface area contributed by atoms with Crippen molar-refractivity contribution in [2.45, 2.75) is 26.9 Å². The van der Waals surface area contributed by atoms with Crippen LogP contribution in [0.15, 0.2) is 18.2 Å². The van der Waals surface area contributed by atoms with Crippen LogP contribution < -0.4 is 4.74 Å². The molecule has 0 fully saturated rings. The van der Waals surface area contributed by atoms with Crippen LogP contribution in [-0.2, 0) is 0 Å². The van der Waals surface area contributed by atoms with E-state index in [4.69, 9.17) is 16.3 Å². The summed E-state index contributed by atoms with van der Waals surface area (Å²) in [5, 5.41) is 0.466. The summed E-state index contributed by atoms with van der Waals surface area (Å²) in [5.74, 6) is 0.624. The van der Waals surface area contributed by atoms with Gasteiger partial charge in [-0.05, 0) is 39.0 Å². The lowest BCUT2D eigenvalue weighted by molar-refractivity contribution is 0.101. The van der Waals surface area contributed by atoms with E-state index in [0.717, 1.165) is 0 Å². The fourth-order valence-corrected chi connectivity index (χ4v) is 1.37. The Bertz CT molecular complexity index is 345. The quantitative estimate of drug-likeness (QED) is 0.719. The van der Waals surface area contributed by atoms with Crippen LogP contribution in [-0.4, -0.2) is 11.9 Å². The number of ketones is 1. The van der Waals surface area contributed by atoms with Gasteiger partial charge in [0.05, 0.1) is 11.1 Å². The minimum atomic E-state index is -0.0517. The predicted molar refractivity (Wildman–Crippen MR) is 57.2 cm³/mol. The molecule has 0 bridgehead atoms. The molecule has 1 aromatic carbocycles. The van der Waals surface area contributed by atoms with Crippen LogP contribution in [0.1, 0.15) is 31.1 Å². The normalized spacial score (nSPS) is 10.4. The monoisotopic (exact) mass is 212 g/mol. The zero-order valence-corrected chi connectivity index (χ0v) is 9.26. The molecule has 0 radical (unpaired) electrons. The molecule has 0 amide bonds. The number of Topliss-reactive ketones (excluding diaryl/α,β-unsaturated/α-hetero) is 1. The van der Waals surface area contributed by atoms with Crippen LogP contribution in [0.5, 0.6) is 5.75 Å². The van der Waals surface area contributed by atoms with Crippen LogP contribution in [0.3, 0.4) is 0 Å². The first kappa shape index (κ1) is 11.1. The van der Waals surface area contributed by atoms with Gasteiger partial charge < -0.3 is 4.74 Å². The van der Waals surface area contributed by atoms with E-state index in [2.05, 4.69) is 0 Å². The zero-order chi connectivity index (χ0) is 10.7. The number of rotatable bonds is 3. The molecule has 3 heteroatoms. The van der Waals surface area contributed by atoms with E-state index >= 15 is 0 Å². The topological polar surface area (TPSA) is 26.3 Å². The summed E-state index contributed by atoms with van der Waals surface area (Å²) in [6, 6.07) is 5.11. The zero-order valence-electron chi connectivity index (χ0n) is 8.50. The van der Waals surface area contributed by atoms with Gasteiger partial charge in [-0.25, -0.2) is 0 Å². The second-order valence-electron chi connectivity index (χ2n) is 3.36. The van der Waals surface area contributed by atoms with E-state index in [1.807, 2.05) is 13.8 Å². The van der Waals surface area contributed by atoms with E-state index < -0.39 is 0 Å².